The molecule has 1 unspecified atom stereocenters. The number of amides is 1. The number of carbonyl (C=O) groups is 1. The maximum absolute atomic E-state index is 12.5. The minimum atomic E-state index is -0.427. The Kier molecular flexibility index (Phi) is 6.17. The van der Waals surface area contributed by atoms with Gasteiger partial charge in [-0.2, -0.15) is 0 Å². The van der Waals surface area contributed by atoms with Gasteiger partial charge in [0.15, 0.2) is 6.10 Å². The molecule has 3 rings (SSSR count). The van der Waals surface area contributed by atoms with Crippen LogP contribution in [-0.4, -0.2) is 18.1 Å². The van der Waals surface area contributed by atoms with Gasteiger partial charge in [-0.25, -0.2) is 0 Å². The monoisotopic (exact) mass is 329 g/mol. The molecule has 0 saturated heterocycles. The first kappa shape index (κ1) is 17.3. The predicted octanol–water partition coefficient (Wildman–Crippen LogP) is 4.56. The van der Waals surface area contributed by atoms with Gasteiger partial charge in [0.25, 0.3) is 5.91 Å². The lowest BCUT2D eigenvalue weighted by Gasteiger charge is -2.25. The summed E-state index contributed by atoms with van der Waals surface area (Å²) in [6, 6.07) is 6.59. The first-order chi connectivity index (χ1) is 11.7. The normalized spacial score (nSPS) is 20.4. The van der Waals surface area contributed by atoms with Crippen LogP contribution in [0.3, 0.4) is 0 Å². The maximum atomic E-state index is 12.5. The van der Waals surface area contributed by atoms with Gasteiger partial charge in [-0.1, -0.05) is 44.2 Å². The van der Waals surface area contributed by atoms with Gasteiger partial charge in [0, 0.05) is 6.04 Å². The summed E-state index contributed by atoms with van der Waals surface area (Å²) in [4.78, 5) is 12.5. The van der Waals surface area contributed by atoms with Gasteiger partial charge in [-0.15, -0.1) is 0 Å². The molecule has 1 fully saturated rings. The first-order valence-electron chi connectivity index (χ1n) is 9.82. The second kappa shape index (κ2) is 8.55. The van der Waals surface area contributed by atoms with Crippen molar-refractivity contribution in [2.45, 2.75) is 89.7 Å². The number of fused-ring (bicyclic) bond motifs is 1. The number of nitrogens with one attached hydrogen (secondary N) is 1. The molecule has 0 radical (unpaired) electrons. The average Bonchev–Trinajstić information content (AvgIpc) is 2.57. The van der Waals surface area contributed by atoms with Crippen molar-refractivity contribution in [3.8, 4) is 5.75 Å². The van der Waals surface area contributed by atoms with Crippen molar-refractivity contribution < 1.29 is 9.53 Å². The third-order valence-electron chi connectivity index (χ3n) is 5.48. The molecule has 0 bridgehead atoms. The summed E-state index contributed by atoms with van der Waals surface area (Å²) in [6.45, 7) is 1.88. The van der Waals surface area contributed by atoms with E-state index in [9.17, 15) is 4.79 Å². The molecule has 1 N–H and O–H groups in total. The van der Waals surface area contributed by atoms with Gasteiger partial charge < -0.3 is 10.1 Å². The molecule has 132 valence electrons. The minimum Gasteiger partial charge on any atom is -0.481 e. The number of hydrogen-bond donors (Lipinski definition) is 1. The Bertz CT molecular complexity index is 547. The quantitative estimate of drug-likeness (QED) is 0.879. The Morgan fingerprint density at radius 2 is 1.75 bits per heavy atom. The fourth-order valence-electron chi connectivity index (χ4n) is 4.02. The Morgan fingerprint density at radius 3 is 2.54 bits per heavy atom. The lowest BCUT2D eigenvalue weighted by atomic mass is 9.91. The molecule has 0 spiro atoms. The van der Waals surface area contributed by atoms with Crippen molar-refractivity contribution in [2.24, 2.45) is 0 Å². The second-order valence-corrected chi connectivity index (χ2v) is 7.41. The zero-order chi connectivity index (χ0) is 16.8. The molecule has 1 aromatic carbocycles. The van der Waals surface area contributed by atoms with Crippen LogP contribution in [0.5, 0.6) is 5.75 Å². The molecule has 24 heavy (non-hydrogen) atoms. The van der Waals surface area contributed by atoms with E-state index in [1.165, 1.54) is 56.1 Å². The smallest absolute Gasteiger partial charge is 0.260 e. The summed E-state index contributed by atoms with van der Waals surface area (Å²) in [5, 5.41) is 3.22. The molecule has 0 aromatic heterocycles. The molecule has 0 aliphatic heterocycles. The number of rotatable bonds is 4. The van der Waals surface area contributed by atoms with Crippen molar-refractivity contribution in [3.63, 3.8) is 0 Å². The highest BCUT2D eigenvalue weighted by Gasteiger charge is 2.22. The summed E-state index contributed by atoms with van der Waals surface area (Å²) < 4.78 is 6.06. The number of carbonyl (C=O) groups excluding carboxylic acids is 1. The summed E-state index contributed by atoms with van der Waals surface area (Å²) in [5.41, 5.74) is 2.71. The zero-order valence-electron chi connectivity index (χ0n) is 15.0. The Labute approximate surface area is 146 Å². The number of aryl methyl sites for hydroxylation is 1. The number of hydrogen-bond acceptors (Lipinski definition) is 2. The van der Waals surface area contributed by atoms with Crippen LogP contribution in [0, 0.1) is 0 Å². The molecule has 2 aliphatic carbocycles. The fourth-order valence-corrected chi connectivity index (χ4v) is 4.02. The van der Waals surface area contributed by atoms with Crippen molar-refractivity contribution in [1.29, 1.82) is 0 Å². The van der Waals surface area contributed by atoms with Gasteiger partial charge in [0.1, 0.15) is 5.75 Å². The van der Waals surface area contributed by atoms with E-state index >= 15 is 0 Å². The molecule has 1 saturated carbocycles. The fraction of sp³-hybridized carbons (Fsp3) is 0.667. The molecule has 2 aliphatic rings. The van der Waals surface area contributed by atoms with Crippen LogP contribution < -0.4 is 10.1 Å². The van der Waals surface area contributed by atoms with Crippen LogP contribution in [0.15, 0.2) is 18.2 Å². The van der Waals surface area contributed by atoms with E-state index in [4.69, 9.17) is 4.74 Å². The van der Waals surface area contributed by atoms with Crippen molar-refractivity contribution in [1.82, 2.24) is 5.32 Å². The summed E-state index contributed by atoms with van der Waals surface area (Å²) in [6.07, 6.45) is 12.9. The van der Waals surface area contributed by atoms with Crippen LogP contribution in [0.4, 0.5) is 0 Å². The van der Waals surface area contributed by atoms with Gasteiger partial charge in [-0.3, -0.25) is 4.79 Å². The molecular weight excluding hydrogens is 298 g/mol. The molecular formula is C21H31NO2. The average molecular weight is 329 g/mol. The van der Waals surface area contributed by atoms with E-state index in [-0.39, 0.29) is 5.91 Å². The van der Waals surface area contributed by atoms with Crippen molar-refractivity contribution >= 4 is 5.91 Å². The first-order valence-corrected chi connectivity index (χ1v) is 9.82. The summed E-state index contributed by atoms with van der Waals surface area (Å²) >= 11 is 0. The van der Waals surface area contributed by atoms with Crippen LogP contribution in [-0.2, 0) is 17.6 Å². The van der Waals surface area contributed by atoms with Crippen LogP contribution in [0.1, 0.15) is 75.8 Å². The van der Waals surface area contributed by atoms with E-state index in [0.717, 1.165) is 31.4 Å². The third-order valence-corrected chi connectivity index (χ3v) is 5.48. The van der Waals surface area contributed by atoms with E-state index in [1.54, 1.807) is 0 Å². The lowest BCUT2D eigenvalue weighted by Crippen LogP contribution is -2.42. The molecule has 1 amide bonds. The molecule has 3 nitrogen and oxygen atoms in total. The van der Waals surface area contributed by atoms with E-state index in [0.29, 0.717) is 6.04 Å². The Balaban J connectivity index is 1.58. The van der Waals surface area contributed by atoms with Gasteiger partial charge in [0.05, 0.1) is 0 Å². The highest BCUT2D eigenvalue weighted by Crippen LogP contribution is 2.30. The third kappa shape index (κ3) is 4.52. The summed E-state index contributed by atoms with van der Waals surface area (Å²) in [5.74, 6) is 0.946. The number of ether oxygens (including phenoxy) is 1. The van der Waals surface area contributed by atoms with E-state index in [2.05, 4.69) is 17.4 Å². The lowest BCUT2D eigenvalue weighted by molar-refractivity contribution is -0.128. The SMILES string of the molecule is CC(Oc1cccc2c1CCCC2)C(=O)NC1CCCCCCC1. The van der Waals surface area contributed by atoms with Crippen molar-refractivity contribution in [3.05, 3.63) is 29.3 Å². The van der Waals surface area contributed by atoms with Crippen LogP contribution in [0.2, 0.25) is 0 Å². The maximum Gasteiger partial charge on any atom is 0.260 e. The van der Waals surface area contributed by atoms with Crippen molar-refractivity contribution in [2.75, 3.05) is 0 Å². The molecule has 1 aromatic rings. The Hall–Kier alpha value is -1.51. The van der Waals surface area contributed by atoms with E-state index in [1.807, 2.05) is 13.0 Å². The largest absolute Gasteiger partial charge is 0.481 e. The van der Waals surface area contributed by atoms with Gasteiger partial charge in [-0.05, 0) is 62.6 Å². The predicted molar refractivity (Wildman–Crippen MR) is 97.4 cm³/mol. The minimum absolute atomic E-state index is 0.0361. The standard InChI is InChI=1S/C21H31NO2/c1-16(21(23)22-18-12-5-3-2-4-6-13-18)24-20-15-9-11-17-10-7-8-14-19(17)20/h9,11,15-16,18H,2-8,10,12-14H2,1H3,(H,22,23). The van der Waals surface area contributed by atoms with Crippen LogP contribution >= 0.6 is 0 Å². The summed E-state index contributed by atoms with van der Waals surface area (Å²) in [7, 11) is 0. The highest BCUT2D eigenvalue weighted by molar-refractivity contribution is 5.81. The molecule has 1 atom stereocenters. The van der Waals surface area contributed by atoms with E-state index < -0.39 is 6.10 Å². The number of benzene rings is 1. The molecule has 3 heteroatoms. The highest BCUT2D eigenvalue weighted by atomic mass is 16.5. The van der Waals surface area contributed by atoms with Gasteiger partial charge >= 0.3 is 0 Å². The second-order valence-electron chi connectivity index (χ2n) is 7.41. The van der Waals surface area contributed by atoms with Crippen LogP contribution in [0.25, 0.3) is 0 Å². The van der Waals surface area contributed by atoms with Gasteiger partial charge in [0.2, 0.25) is 0 Å². The molecule has 0 heterocycles. The Morgan fingerprint density at radius 1 is 1.04 bits per heavy atom. The zero-order valence-corrected chi connectivity index (χ0v) is 15.0. The topological polar surface area (TPSA) is 38.3 Å².